The highest BCUT2D eigenvalue weighted by Gasteiger charge is 2.26. The normalized spacial score (nSPS) is 15.6. The smallest absolute Gasteiger partial charge is 0.228 e. The average Bonchev–Trinajstić information content (AvgIpc) is 2.70. The molecule has 144 valence electrons. The SMILES string of the molecule is CN1CCC(N(CCO)c2nc(N(C)CCC#N)c3ccccc3n2)CC1. The van der Waals surface area contributed by atoms with E-state index >= 15 is 0 Å². The molecule has 0 aliphatic carbocycles. The van der Waals surface area contributed by atoms with E-state index < -0.39 is 0 Å². The third-order valence-corrected chi connectivity index (χ3v) is 5.22. The molecule has 1 aliphatic heterocycles. The van der Waals surface area contributed by atoms with E-state index in [4.69, 9.17) is 15.2 Å². The van der Waals surface area contributed by atoms with E-state index in [1.807, 2.05) is 36.2 Å². The van der Waals surface area contributed by atoms with E-state index in [1.165, 1.54) is 0 Å². The second-order valence-corrected chi connectivity index (χ2v) is 7.15. The molecule has 7 heteroatoms. The van der Waals surface area contributed by atoms with Crippen molar-refractivity contribution in [2.24, 2.45) is 0 Å². The van der Waals surface area contributed by atoms with E-state index in [2.05, 4.69) is 22.9 Å². The van der Waals surface area contributed by atoms with Crippen LogP contribution in [0.5, 0.6) is 0 Å². The number of hydrogen-bond donors (Lipinski definition) is 1. The van der Waals surface area contributed by atoms with Gasteiger partial charge in [0.1, 0.15) is 5.82 Å². The Balaban J connectivity index is 1.99. The van der Waals surface area contributed by atoms with Crippen molar-refractivity contribution in [2.75, 3.05) is 56.7 Å². The van der Waals surface area contributed by atoms with Gasteiger partial charge in [0.15, 0.2) is 0 Å². The molecule has 0 atom stereocenters. The Kier molecular flexibility index (Phi) is 6.43. The van der Waals surface area contributed by atoms with E-state index in [-0.39, 0.29) is 6.61 Å². The number of para-hydroxylation sites is 1. The lowest BCUT2D eigenvalue weighted by molar-refractivity contribution is 0.238. The molecule has 0 radical (unpaired) electrons. The monoisotopic (exact) mass is 368 g/mol. The fraction of sp³-hybridized carbons (Fsp3) is 0.550. The molecule has 1 aromatic carbocycles. The van der Waals surface area contributed by atoms with Crippen LogP contribution in [-0.4, -0.2) is 72.9 Å². The highest BCUT2D eigenvalue weighted by Crippen LogP contribution is 2.28. The molecule has 0 saturated carbocycles. The Morgan fingerprint density at radius 2 is 1.96 bits per heavy atom. The highest BCUT2D eigenvalue weighted by atomic mass is 16.3. The minimum Gasteiger partial charge on any atom is -0.395 e. The standard InChI is InChI=1S/C20H28N6O/c1-24-12-8-16(9-13-24)26(14-15-27)20-22-18-7-4-3-6-17(18)19(23-20)25(2)11-5-10-21/h3-4,6-7,16,27H,5,8-9,11-15H2,1-2H3. The summed E-state index contributed by atoms with van der Waals surface area (Å²) in [7, 11) is 4.10. The first-order valence-corrected chi connectivity index (χ1v) is 9.55. The maximum Gasteiger partial charge on any atom is 0.228 e. The zero-order valence-electron chi connectivity index (χ0n) is 16.2. The van der Waals surface area contributed by atoms with Crippen LogP contribution in [0.4, 0.5) is 11.8 Å². The van der Waals surface area contributed by atoms with Gasteiger partial charge in [0.05, 0.1) is 24.6 Å². The van der Waals surface area contributed by atoms with Crippen molar-refractivity contribution in [3.63, 3.8) is 0 Å². The fourth-order valence-electron chi connectivity index (χ4n) is 3.65. The molecule has 2 aromatic rings. The summed E-state index contributed by atoms with van der Waals surface area (Å²) < 4.78 is 0. The number of aliphatic hydroxyl groups is 1. The molecule has 1 aromatic heterocycles. The van der Waals surface area contributed by atoms with Gasteiger partial charge < -0.3 is 19.8 Å². The summed E-state index contributed by atoms with van der Waals surface area (Å²) in [5.74, 6) is 1.50. The Morgan fingerprint density at radius 1 is 1.22 bits per heavy atom. The molecule has 0 unspecified atom stereocenters. The molecule has 0 bridgehead atoms. The number of nitrogens with zero attached hydrogens (tertiary/aromatic N) is 6. The predicted octanol–water partition coefficient (Wildman–Crippen LogP) is 1.87. The van der Waals surface area contributed by atoms with Crippen LogP contribution < -0.4 is 9.80 Å². The number of rotatable bonds is 7. The van der Waals surface area contributed by atoms with Crippen LogP contribution in [0.25, 0.3) is 10.9 Å². The summed E-state index contributed by atoms with van der Waals surface area (Å²) in [5, 5.41) is 19.5. The van der Waals surface area contributed by atoms with Crippen molar-refractivity contribution >= 4 is 22.7 Å². The van der Waals surface area contributed by atoms with E-state index in [1.54, 1.807) is 0 Å². The molecular weight excluding hydrogens is 340 g/mol. The van der Waals surface area contributed by atoms with Crippen molar-refractivity contribution in [1.29, 1.82) is 5.26 Å². The number of fused-ring (bicyclic) bond motifs is 1. The van der Waals surface area contributed by atoms with E-state index in [9.17, 15) is 5.11 Å². The maximum absolute atomic E-state index is 9.63. The lowest BCUT2D eigenvalue weighted by atomic mass is 10.0. The number of benzene rings is 1. The highest BCUT2D eigenvalue weighted by molar-refractivity contribution is 5.90. The summed E-state index contributed by atoms with van der Waals surface area (Å²) in [4.78, 5) is 16.2. The number of nitriles is 1. The summed E-state index contributed by atoms with van der Waals surface area (Å²) >= 11 is 0. The Bertz CT molecular complexity index is 797. The predicted molar refractivity (Wildman–Crippen MR) is 108 cm³/mol. The third-order valence-electron chi connectivity index (χ3n) is 5.22. The summed E-state index contributed by atoms with van der Waals surface area (Å²) in [6.45, 7) is 3.28. The lowest BCUT2D eigenvalue weighted by Gasteiger charge is -2.37. The van der Waals surface area contributed by atoms with E-state index in [0.29, 0.717) is 31.5 Å². The fourth-order valence-corrected chi connectivity index (χ4v) is 3.65. The van der Waals surface area contributed by atoms with Crippen LogP contribution >= 0.6 is 0 Å². The third kappa shape index (κ3) is 4.46. The molecule has 3 rings (SSSR count). The lowest BCUT2D eigenvalue weighted by Crippen LogP contribution is -2.45. The topological polar surface area (TPSA) is 79.5 Å². The number of likely N-dealkylation sites (tertiary alicyclic amines) is 1. The molecule has 7 nitrogen and oxygen atoms in total. The van der Waals surface area contributed by atoms with Gasteiger partial charge in [-0.15, -0.1) is 0 Å². The van der Waals surface area contributed by atoms with Gasteiger partial charge >= 0.3 is 0 Å². The van der Waals surface area contributed by atoms with Crippen LogP contribution in [0.15, 0.2) is 24.3 Å². The number of aromatic nitrogens is 2. The number of hydrogen-bond acceptors (Lipinski definition) is 7. The Labute approximate surface area is 160 Å². The summed E-state index contributed by atoms with van der Waals surface area (Å²) in [5.41, 5.74) is 0.886. The molecule has 1 fully saturated rings. The first-order valence-electron chi connectivity index (χ1n) is 9.55. The molecule has 0 spiro atoms. The van der Waals surface area contributed by atoms with Gasteiger partial charge in [-0.2, -0.15) is 10.2 Å². The zero-order valence-corrected chi connectivity index (χ0v) is 16.2. The van der Waals surface area contributed by atoms with Crippen LogP contribution in [0.2, 0.25) is 0 Å². The Hall–Kier alpha value is -2.43. The van der Waals surface area contributed by atoms with Crippen molar-refractivity contribution in [1.82, 2.24) is 14.9 Å². The average molecular weight is 368 g/mol. The van der Waals surface area contributed by atoms with Crippen LogP contribution in [0, 0.1) is 11.3 Å². The second kappa shape index (κ2) is 8.98. The van der Waals surface area contributed by atoms with Gasteiger partial charge in [-0.1, -0.05) is 12.1 Å². The minimum atomic E-state index is 0.0716. The maximum atomic E-state index is 9.63. The summed E-state index contributed by atoms with van der Waals surface area (Å²) in [6, 6.07) is 10.5. The minimum absolute atomic E-state index is 0.0716. The van der Waals surface area contributed by atoms with Crippen molar-refractivity contribution in [2.45, 2.75) is 25.3 Å². The number of piperidine rings is 1. The Morgan fingerprint density at radius 3 is 2.67 bits per heavy atom. The molecule has 1 saturated heterocycles. The van der Waals surface area contributed by atoms with Gasteiger partial charge in [-0.25, -0.2) is 4.98 Å². The number of aliphatic hydroxyl groups excluding tert-OH is 1. The van der Waals surface area contributed by atoms with Crippen molar-refractivity contribution in [3.05, 3.63) is 24.3 Å². The van der Waals surface area contributed by atoms with Crippen LogP contribution in [0.1, 0.15) is 19.3 Å². The van der Waals surface area contributed by atoms with Gasteiger partial charge in [0, 0.05) is 31.6 Å². The molecule has 0 amide bonds. The molecule has 1 N–H and O–H groups in total. The van der Waals surface area contributed by atoms with Crippen LogP contribution in [0.3, 0.4) is 0 Å². The molecule has 2 heterocycles. The van der Waals surface area contributed by atoms with Gasteiger partial charge in [0.25, 0.3) is 0 Å². The van der Waals surface area contributed by atoms with Gasteiger partial charge in [-0.05, 0) is 45.1 Å². The zero-order chi connectivity index (χ0) is 19.2. The molecular formula is C20H28N6O. The van der Waals surface area contributed by atoms with Crippen molar-refractivity contribution < 1.29 is 5.11 Å². The van der Waals surface area contributed by atoms with Crippen molar-refractivity contribution in [3.8, 4) is 6.07 Å². The number of anilines is 2. The van der Waals surface area contributed by atoms with Crippen LogP contribution in [-0.2, 0) is 0 Å². The first kappa shape index (κ1) is 19.3. The first-order chi connectivity index (χ1) is 13.1. The van der Waals surface area contributed by atoms with Gasteiger partial charge in [0.2, 0.25) is 5.95 Å². The second-order valence-electron chi connectivity index (χ2n) is 7.15. The molecule has 1 aliphatic rings. The van der Waals surface area contributed by atoms with E-state index in [0.717, 1.165) is 42.7 Å². The van der Waals surface area contributed by atoms with Gasteiger partial charge in [-0.3, -0.25) is 0 Å². The molecule has 27 heavy (non-hydrogen) atoms. The largest absolute Gasteiger partial charge is 0.395 e. The quantitative estimate of drug-likeness (QED) is 0.799. The summed E-state index contributed by atoms with van der Waals surface area (Å²) in [6.07, 6.45) is 2.51.